The lowest BCUT2D eigenvalue weighted by Gasteiger charge is -2.19. The van der Waals surface area contributed by atoms with E-state index in [1.165, 1.54) is 11.1 Å². The maximum atomic E-state index is 4.51. The highest BCUT2D eigenvalue weighted by molar-refractivity contribution is 5.28. The molecule has 18 heavy (non-hydrogen) atoms. The van der Waals surface area contributed by atoms with Crippen molar-refractivity contribution in [1.82, 2.24) is 14.9 Å². The predicted molar refractivity (Wildman–Crippen MR) is 74.6 cm³/mol. The molecule has 0 saturated carbocycles. The molecule has 1 aromatic heterocycles. The van der Waals surface area contributed by atoms with Crippen LogP contribution < -0.4 is 5.32 Å². The van der Waals surface area contributed by atoms with E-state index < -0.39 is 0 Å². The maximum Gasteiger partial charge on any atom is 0.130 e. The first-order chi connectivity index (χ1) is 8.76. The van der Waals surface area contributed by atoms with Crippen molar-refractivity contribution in [3.05, 3.63) is 53.6 Å². The molecule has 2 aromatic rings. The van der Waals surface area contributed by atoms with Crippen LogP contribution in [0.15, 0.2) is 36.7 Å². The van der Waals surface area contributed by atoms with Gasteiger partial charge in [-0.3, -0.25) is 0 Å². The van der Waals surface area contributed by atoms with Gasteiger partial charge in [0, 0.05) is 18.9 Å². The zero-order chi connectivity index (χ0) is 13.0. The fraction of sp³-hybridized carbons (Fsp3) is 0.400. The molecule has 1 atom stereocenters. The highest BCUT2D eigenvalue weighted by Gasteiger charge is 2.17. The molecule has 0 fully saturated rings. The number of hydrogen-bond acceptors (Lipinski definition) is 2. The minimum absolute atomic E-state index is 0.172. The first-order valence-electron chi connectivity index (χ1n) is 6.57. The molecule has 1 heterocycles. The Labute approximate surface area is 109 Å². The van der Waals surface area contributed by atoms with Crippen LogP contribution in [0.1, 0.15) is 36.8 Å². The molecule has 0 radical (unpaired) electrons. The zero-order valence-electron chi connectivity index (χ0n) is 11.4. The number of benzene rings is 1. The minimum atomic E-state index is 0.172. The highest BCUT2D eigenvalue weighted by atomic mass is 15.1. The third-order valence-corrected chi connectivity index (χ3v) is 3.17. The molecule has 0 aliphatic heterocycles. The van der Waals surface area contributed by atoms with Gasteiger partial charge < -0.3 is 9.88 Å². The van der Waals surface area contributed by atoms with Gasteiger partial charge in [-0.2, -0.15) is 0 Å². The quantitative estimate of drug-likeness (QED) is 0.875. The Morgan fingerprint density at radius 1 is 1.22 bits per heavy atom. The summed E-state index contributed by atoms with van der Waals surface area (Å²) >= 11 is 0. The number of aryl methyl sites for hydroxylation is 2. The average Bonchev–Trinajstić information content (AvgIpc) is 2.85. The van der Waals surface area contributed by atoms with Crippen LogP contribution in [0.4, 0.5) is 0 Å². The van der Waals surface area contributed by atoms with Crippen LogP contribution in [0.25, 0.3) is 0 Å². The van der Waals surface area contributed by atoms with Crippen molar-refractivity contribution in [3.8, 4) is 0 Å². The normalized spacial score (nSPS) is 12.6. The monoisotopic (exact) mass is 243 g/mol. The van der Waals surface area contributed by atoms with Crippen LogP contribution >= 0.6 is 0 Å². The molecule has 0 aliphatic rings. The first kappa shape index (κ1) is 12.8. The van der Waals surface area contributed by atoms with E-state index in [0.29, 0.717) is 0 Å². The standard InChI is InChI=1S/C15H21N3/c1-4-16-14(13-8-6-12(3)7-9-13)15-17-10-11-18(15)5-2/h6-11,14,16H,4-5H2,1-3H3. The average molecular weight is 243 g/mol. The van der Waals surface area contributed by atoms with Crippen LogP contribution in [0.3, 0.4) is 0 Å². The van der Waals surface area contributed by atoms with Gasteiger partial charge in [-0.1, -0.05) is 36.8 Å². The summed E-state index contributed by atoms with van der Waals surface area (Å²) in [5.41, 5.74) is 2.55. The second kappa shape index (κ2) is 5.83. The van der Waals surface area contributed by atoms with Crippen molar-refractivity contribution in [2.75, 3.05) is 6.54 Å². The topological polar surface area (TPSA) is 29.9 Å². The SMILES string of the molecule is CCNC(c1ccc(C)cc1)c1nccn1CC. The molecule has 2 rings (SSSR count). The molecule has 0 aliphatic carbocycles. The number of aromatic nitrogens is 2. The van der Waals surface area contributed by atoms with Crippen molar-refractivity contribution in [3.63, 3.8) is 0 Å². The molecule has 1 N–H and O–H groups in total. The van der Waals surface area contributed by atoms with Gasteiger partial charge in [0.05, 0.1) is 6.04 Å². The lowest BCUT2D eigenvalue weighted by Crippen LogP contribution is -2.25. The number of rotatable bonds is 5. The Morgan fingerprint density at radius 3 is 2.56 bits per heavy atom. The van der Waals surface area contributed by atoms with E-state index in [1.54, 1.807) is 0 Å². The number of imidazole rings is 1. The lowest BCUT2D eigenvalue weighted by atomic mass is 10.0. The van der Waals surface area contributed by atoms with Gasteiger partial charge in [-0.05, 0) is 26.0 Å². The predicted octanol–water partition coefficient (Wildman–Crippen LogP) is 2.91. The van der Waals surface area contributed by atoms with Gasteiger partial charge in [0.1, 0.15) is 5.82 Å². The summed E-state index contributed by atoms with van der Waals surface area (Å²) in [4.78, 5) is 4.51. The third-order valence-electron chi connectivity index (χ3n) is 3.17. The molecule has 0 bridgehead atoms. The van der Waals surface area contributed by atoms with E-state index in [-0.39, 0.29) is 6.04 Å². The Hall–Kier alpha value is -1.61. The maximum absolute atomic E-state index is 4.51. The van der Waals surface area contributed by atoms with E-state index >= 15 is 0 Å². The summed E-state index contributed by atoms with van der Waals surface area (Å²) in [6, 6.07) is 8.83. The number of nitrogens with zero attached hydrogens (tertiary/aromatic N) is 2. The molecule has 1 unspecified atom stereocenters. The van der Waals surface area contributed by atoms with Crippen molar-refractivity contribution in [2.24, 2.45) is 0 Å². The minimum Gasteiger partial charge on any atom is -0.334 e. The van der Waals surface area contributed by atoms with Crippen LogP contribution in [0.5, 0.6) is 0 Å². The van der Waals surface area contributed by atoms with Gasteiger partial charge in [0.2, 0.25) is 0 Å². The summed E-state index contributed by atoms with van der Waals surface area (Å²) in [5, 5.41) is 3.51. The Balaban J connectivity index is 2.36. The van der Waals surface area contributed by atoms with Crippen molar-refractivity contribution in [1.29, 1.82) is 0 Å². The largest absolute Gasteiger partial charge is 0.334 e. The van der Waals surface area contributed by atoms with E-state index in [1.807, 2.05) is 12.4 Å². The van der Waals surface area contributed by atoms with Crippen molar-refractivity contribution >= 4 is 0 Å². The zero-order valence-corrected chi connectivity index (χ0v) is 11.4. The van der Waals surface area contributed by atoms with Crippen LogP contribution in [-0.4, -0.2) is 16.1 Å². The second-order valence-corrected chi connectivity index (χ2v) is 4.47. The second-order valence-electron chi connectivity index (χ2n) is 4.47. The van der Waals surface area contributed by atoms with E-state index in [4.69, 9.17) is 0 Å². The Bertz CT molecular complexity index is 485. The molecular formula is C15H21N3. The van der Waals surface area contributed by atoms with Crippen molar-refractivity contribution < 1.29 is 0 Å². The summed E-state index contributed by atoms with van der Waals surface area (Å²) in [7, 11) is 0. The van der Waals surface area contributed by atoms with E-state index in [2.05, 4.69) is 59.9 Å². The highest BCUT2D eigenvalue weighted by Crippen LogP contribution is 2.21. The fourth-order valence-corrected chi connectivity index (χ4v) is 2.17. The fourth-order valence-electron chi connectivity index (χ4n) is 2.17. The van der Waals surface area contributed by atoms with Crippen LogP contribution in [0, 0.1) is 6.92 Å². The van der Waals surface area contributed by atoms with Gasteiger partial charge in [0.15, 0.2) is 0 Å². The molecule has 0 spiro atoms. The van der Waals surface area contributed by atoms with Gasteiger partial charge in [-0.15, -0.1) is 0 Å². The summed E-state index contributed by atoms with van der Waals surface area (Å²) in [6.07, 6.45) is 3.91. The Kier molecular flexibility index (Phi) is 4.15. The number of nitrogens with one attached hydrogen (secondary N) is 1. The summed E-state index contributed by atoms with van der Waals surface area (Å²) < 4.78 is 2.19. The molecular weight excluding hydrogens is 222 g/mol. The van der Waals surface area contributed by atoms with Crippen LogP contribution in [-0.2, 0) is 6.54 Å². The first-order valence-corrected chi connectivity index (χ1v) is 6.57. The Morgan fingerprint density at radius 2 is 1.94 bits per heavy atom. The summed E-state index contributed by atoms with van der Waals surface area (Å²) in [5.74, 6) is 1.09. The number of hydrogen-bond donors (Lipinski definition) is 1. The van der Waals surface area contributed by atoms with Gasteiger partial charge in [0.25, 0.3) is 0 Å². The van der Waals surface area contributed by atoms with Gasteiger partial charge in [-0.25, -0.2) is 4.98 Å². The summed E-state index contributed by atoms with van der Waals surface area (Å²) in [6.45, 7) is 8.25. The molecule has 0 amide bonds. The van der Waals surface area contributed by atoms with E-state index in [0.717, 1.165) is 18.9 Å². The smallest absolute Gasteiger partial charge is 0.130 e. The molecule has 0 saturated heterocycles. The van der Waals surface area contributed by atoms with Crippen molar-refractivity contribution in [2.45, 2.75) is 33.4 Å². The molecule has 1 aromatic carbocycles. The molecule has 3 nitrogen and oxygen atoms in total. The molecule has 96 valence electrons. The van der Waals surface area contributed by atoms with Crippen LogP contribution in [0.2, 0.25) is 0 Å². The van der Waals surface area contributed by atoms with Gasteiger partial charge >= 0.3 is 0 Å². The third kappa shape index (κ3) is 2.62. The lowest BCUT2D eigenvalue weighted by molar-refractivity contribution is 0.559. The molecule has 3 heteroatoms. The van der Waals surface area contributed by atoms with E-state index in [9.17, 15) is 0 Å².